The van der Waals surface area contributed by atoms with Gasteiger partial charge in [0.1, 0.15) is 11.8 Å². The predicted octanol–water partition coefficient (Wildman–Crippen LogP) is 4.12. The molecule has 2 aromatic carbocycles. The van der Waals surface area contributed by atoms with E-state index in [1.165, 1.54) is 6.92 Å². The average molecular weight is 393 g/mol. The number of hydrogen-bond donors (Lipinski definition) is 1. The van der Waals surface area contributed by atoms with E-state index in [2.05, 4.69) is 5.32 Å². The predicted molar refractivity (Wildman–Crippen MR) is 102 cm³/mol. The summed E-state index contributed by atoms with van der Waals surface area (Å²) in [7, 11) is 0. The Morgan fingerprint density at radius 1 is 1.19 bits per heavy atom. The molecule has 0 saturated carbocycles. The molecule has 1 aliphatic rings. The molecule has 2 amide bonds. The van der Waals surface area contributed by atoms with Crippen molar-refractivity contribution in [2.24, 2.45) is 0 Å². The second kappa shape index (κ2) is 7.56. The molecule has 0 aliphatic carbocycles. The van der Waals surface area contributed by atoms with Gasteiger partial charge in [0.05, 0.1) is 23.9 Å². The summed E-state index contributed by atoms with van der Waals surface area (Å²) in [6.45, 7) is 4.04. The highest BCUT2D eigenvalue weighted by Crippen LogP contribution is 2.45. The van der Waals surface area contributed by atoms with Crippen molar-refractivity contribution in [3.05, 3.63) is 57.6 Å². The Balaban J connectivity index is 2.05. The molecule has 7 heteroatoms. The van der Waals surface area contributed by atoms with Crippen molar-refractivity contribution in [3.8, 4) is 5.75 Å². The minimum atomic E-state index is -0.854. The smallest absolute Gasteiger partial charge is 0.254 e. The molecule has 26 heavy (non-hydrogen) atoms. The largest absolute Gasteiger partial charge is 0.494 e. The molecule has 1 heterocycles. The van der Waals surface area contributed by atoms with Gasteiger partial charge in [-0.2, -0.15) is 0 Å². The fraction of sp³-hybridized carbons (Fsp3) is 0.263. The first-order chi connectivity index (χ1) is 12.4. The van der Waals surface area contributed by atoms with Crippen LogP contribution >= 0.6 is 23.2 Å². The first-order valence-corrected chi connectivity index (χ1v) is 8.96. The monoisotopic (exact) mass is 392 g/mol. The molecular weight excluding hydrogens is 375 g/mol. The van der Waals surface area contributed by atoms with Crippen molar-refractivity contribution in [2.75, 3.05) is 11.5 Å². The maximum absolute atomic E-state index is 13.0. The van der Waals surface area contributed by atoms with Crippen molar-refractivity contribution >= 4 is 40.7 Å². The van der Waals surface area contributed by atoms with Crippen molar-refractivity contribution in [2.45, 2.75) is 26.4 Å². The van der Waals surface area contributed by atoms with Gasteiger partial charge in [-0.1, -0.05) is 41.4 Å². The third-order valence-electron chi connectivity index (χ3n) is 4.13. The lowest BCUT2D eigenvalue weighted by Gasteiger charge is -2.21. The average Bonchev–Trinajstić information content (AvgIpc) is 2.87. The Morgan fingerprint density at radius 3 is 2.58 bits per heavy atom. The SMILES string of the molecule is CCOc1ccccc1CN1C(=O)[C@H](NC(C)=O)c2c(Cl)ccc(Cl)c21. The lowest BCUT2D eigenvalue weighted by atomic mass is 10.1. The van der Waals surface area contributed by atoms with Crippen LogP contribution in [0.2, 0.25) is 10.0 Å². The van der Waals surface area contributed by atoms with Gasteiger partial charge in [0.15, 0.2) is 0 Å². The molecule has 5 nitrogen and oxygen atoms in total. The van der Waals surface area contributed by atoms with Crippen LogP contribution in [0.3, 0.4) is 0 Å². The summed E-state index contributed by atoms with van der Waals surface area (Å²) in [6.07, 6.45) is 0. The Labute approximate surface area is 161 Å². The van der Waals surface area contributed by atoms with Gasteiger partial charge in [-0.25, -0.2) is 0 Å². The van der Waals surface area contributed by atoms with E-state index in [1.54, 1.807) is 17.0 Å². The number of carbonyl (C=O) groups excluding carboxylic acids is 2. The second-order valence-corrected chi connectivity index (χ2v) is 6.70. The van der Waals surface area contributed by atoms with Crippen LogP contribution in [0.4, 0.5) is 5.69 Å². The fourth-order valence-corrected chi connectivity index (χ4v) is 3.62. The lowest BCUT2D eigenvalue weighted by Crippen LogP contribution is -2.36. The molecule has 0 saturated heterocycles. The number of para-hydroxylation sites is 1. The second-order valence-electron chi connectivity index (χ2n) is 5.89. The van der Waals surface area contributed by atoms with Gasteiger partial charge in [-0.3, -0.25) is 9.59 Å². The van der Waals surface area contributed by atoms with Crippen LogP contribution in [0.25, 0.3) is 0 Å². The molecule has 1 atom stereocenters. The molecule has 0 radical (unpaired) electrons. The van der Waals surface area contributed by atoms with Crippen molar-refractivity contribution < 1.29 is 14.3 Å². The molecule has 1 aliphatic heterocycles. The number of ether oxygens (including phenoxy) is 1. The number of amides is 2. The van der Waals surface area contributed by atoms with Gasteiger partial charge < -0.3 is 15.0 Å². The number of fused-ring (bicyclic) bond motifs is 1. The van der Waals surface area contributed by atoms with Crippen LogP contribution in [0.5, 0.6) is 5.75 Å². The van der Waals surface area contributed by atoms with E-state index in [0.29, 0.717) is 33.7 Å². The zero-order valence-electron chi connectivity index (χ0n) is 14.4. The van der Waals surface area contributed by atoms with Crippen LogP contribution < -0.4 is 15.0 Å². The zero-order chi connectivity index (χ0) is 18.8. The van der Waals surface area contributed by atoms with Gasteiger partial charge >= 0.3 is 0 Å². The molecule has 0 spiro atoms. The number of nitrogens with one attached hydrogen (secondary N) is 1. The van der Waals surface area contributed by atoms with Crippen LogP contribution in [-0.2, 0) is 16.1 Å². The summed E-state index contributed by atoms with van der Waals surface area (Å²) in [5.41, 5.74) is 1.88. The standard InChI is InChI=1S/C19H18Cl2N2O3/c1-3-26-15-7-5-4-6-12(15)10-23-18-14(21)9-8-13(20)16(18)17(19(23)25)22-11(2)24/h4-9,17H,3,10H2,1-2H3,(H,22,24)/t17-/m1/s1. The number of halogens is 2. The van der Waals surface area contributed by atoms with Gasteiger partial charge in [0.25, 0.3) is 5.91 Å². The summed E-state index contributed by atoms with van der Waals surface area (Å²) in [4.78, 5) is 26.2. The van der Waals surface area contributed by atoms with Crippen molar-refractivity contribution in [1.29, 1.82) is 0 Å². The molecule has 0 bridgehead atoms. The Kier molecular flexibility index (Phi) is 5.39. The topological polar surface area (TPSA) is 58.6 Å². The zero-order valence-corrected chi connectivity index (χ0v) is 15.9. The number of hydrogen-bond acceptors (Lipinski definition) is 3. The van der Waals surface area contributed by atoms with Gasteiger partial charge in [-0.05, 0) is 25.1 Å². The Hall–Kier alpha value is -2.24. The number of carbonyl (C=O) groups is 2. The van der Waals surface area contributed by atoms with Crippen LogP contribution in [0, 0.1) is 0 Å². The van der Waals surface area contributed by atoms with E-state index in [-0.39, 0.29) is 18.4 Å². The van der Waals surface area contributed by atoms with E-state index in [9.17, 15) is 9.59 Å². The minimum absolute atomic E-state index is 0.262. The summed E-state index contributed by atoms with van der Waals surface area (Å²) < 4.78 is 5.65. The normalized spacial score (nSPS) is 15.8. The van der Waals surface area contributed by atoms with E-state index < -0.39 is 6.04 Å². The highest BCUT2D eigenvalue weighted by molar-refractivity contribution is 6.38. The molecule has 0 unspecified atom stereocenters. The first kappa shape index (κ1) is 18.5. The molecule has 0 fully saturated rings. The molecular formula is C19H18Cl2N2O3. The summed E-state index contributed by atoms with van der Waals surface area (Å²) in [5.74, 6) is 0.101. The molecule has 3 rings (SSSR count). The number of nitrogens with zero attached hydrogens (tertiary/aromatic N) is 1. The van der Waals surface area contributed by atoms with Gasteiger partial charge in [0.2, 0.25) is 5.91 Å². The minimum Gasteiger partial charge on any atom is -0.494 e. The summed E-state index contributed by atoms with van der Waals surface area (Å²) in [6, 6.07) is 9.92. The van der Waals surface area contributed by atoms with Crippen molar-refractivity contribution in [3.63, 3.8) is 0 Å². The quantitative estimate of drug-likeness (QED) is 0.832. The van der Waals surface area contributed by atoms with Crippen LogP contribution in [0.1, 0.15) is 31.0 Å². The fourth-order valence-electron chi connectivity index (χ4n) is 3.09. The molecule has 0 aromatic heterocycles. The van der Waals surface area contributed by atoms with Crippen LogP contribution in [0.15, 0.2) is 36.4 Å². The third kappa shape index (κ3) is 3.37. The third-order valence-corrected chi connectivity index (χ3v) is 4.77. The van der Waals surface area contributed by atoms with Gasteiger partial charge in [-0.15, -0.1) is 0 Å². The number of benzene rings is 2. The van der Waals surface area contributed by atoms with Gasteiger partial charge in [0, 0.05) is 23.1 Å². The number of anilines is 1. The summed E-state index contributed by atoms with van der Waals surface area (Å²) >= 11 is 12.7. The first-order valence-electron chi connectivity index (χ1n) is 8.21. The van der Waals surface area contributed by atoms with E-state index in [0.717, 1.165) is 5.56 Å². The lowest BCUT2D eigenvalue weighted by molar-refractivity contribution is -0.126. The van der Waals surface area contributed by atoms with Crippen molar-refractivity contribution in [1.82, 2.24) is 5.32 Å². The number of rotatable bonds is 5. The Bertz CT molecular complexity index is 870. The van der Waals surface area contributed by atoms with E-state index in [4.69, 9.17) is 27.9 Å². The highest BCUT2D eigenvalue weighted by atomic mass is 35.5. The molecule has 1 N–H and O–H groups in total. The molecule has 2 aromatic rings. The maximum atomic E-state index is 13.0. The van der Waals surface area contributed by atoms with E-state index in [1.807, 2.05) is 31.2 Å². The van der Waals surface area contributed by atoms with Crippen LogP contribution in [-0.4, -0.2) is 18.4 Å². The highest BCUT2D eigenvalue weighted by Gasteiger charge is 2.41. The van der Waals surface area contributed by atoms with E-state index >= 15 is 0 Å². The molecule has 136 valence electrons. The maximum Gasteiger partial charge on any atom is 0.254 e. The summed E-state index contributed by atoms with van der Waals surface area (Å²) in [5, 5.41) is 3.46. The Morgan fingerprint density at radius 2 is 1.88 bits per heavy atom.